The zero-order valence-electron chi connectivity index (χ0n) is 21.6. The number of benzene rings is 2. The van der Waals surface area contributed by atoms with Crippen LogP contribution in [0.1, 0.15) is 43.7 Å². The minimum absolute atomic E-state index is 0.0459. The maximum atomic E-state index is 12.7. The van der Waals surface area contributed by atoms with Crippen LogP contribution < -0.4 is 10.2 Å². The predicted molar refractivity (Wildman–Crippen MR) is 148 cm³/mol. The third kappa shape index (κ3) is 5.75. The summed E-state index contributed by atoms with van der Waals surface area (Å²) in [4.78, 5) is 34.4. The first kappa shape index (κ1) is 25.2. The molecule has 1 saturated carbocycles. The maximum absolute atomic E-state index is 12.7. The lowest BCUT2D eigenvalue weighted by Gasteiger charge is -2.51. The molecule has 5 rings (SSSR count). The van der Waals surface area contributed by atoms with Gasteiger partial charge in [-0.05, 0) is 73.1 Å². The van der Waals surface area contributed by atoms with Crippen molar-refractivity contribution in [2.45, 2.75) is 44.6 Å². The van der Waals surface area contributed by atoms with Crippen molar-refractivity contribution in [2.24, 2.45) is 5.92 Å². The van der Waals surface area contributed by atoms with Gasteiger partial charge in [0.25, 0.3) is 5.91 Å². The molecule has 2 fully saturated rings. The van der Waals surface area contributed by atoms with Gasteiger partial charge in [0, 0.05) is 61.9 Å². The van der Waals surface area contributed by atoms with Crippen molar-refractivity contribution < 1.29 is 9.59 Å². The number of ketones is 1. The highest BCUT2D eigenvalue weighted by Gasteiger charge is 2.42. The average molecular weight is 497 g/mol. The van der Waals surface area contributed by atoms with Crippen LogP contribution in [0.15, 0.2) is 79.1 Å². The van der Waals surface area contributed by atoms with Gasteiger partial charge in [-0.15, -0.1) is 0 Å². The molecule has 1 aliphatic heterocycles. The number of hydrogen-bond donors (Lipinski definition) is 1. The first-order valence-corrected chi connectivity index (χ1v) is 13.4. The Kier molecular flexibility index (Phi) is 7.65. The third-order valence-corrected chi connectivity index (χ3v) is 8.11. The van der Waals surface area contributed by atoms with Gasteiger partial charge in [-0.1, -0.05) is 43.3 Å². The van der Waals surface area contributed by atoms with E-state index in [9.17, 15) is 9.59 Å². The lowest BCUT2D eigenvalue weighted by molar-refractivity contribution is -0.134. The van der Waals surface area contributed by atoms with Crippen LogP contribution in [0.25, 0.3) is 0 Å². The van der Waals surface area contributed by atoms with Crippen molar-refractivity contribution in [2.75, 3.05) is 36.4 Å². The van der Waals surface area contributed by atoms with E-state index in [4.69, 9.17) is 0 Å². The van der Waals surface area contributed by atoms with Crippen LogP contribution in [0, 0.1) is 5.92 Å². The second kappa shape index (κ2) is 11.3. The van der Waals surface area contributed by atoms with E-state index in [0.29, 0.717) is 5.69 Å². The fourth-order valence-electron chi connectivity index (χ4n) is 5.91. The van der Waals surface area contributed by atoms with E-state index in [1.165, 1.54) is 24.1 Å². The molecule has 2 heterocycles. The van der Waals surface area contributed by atoms with E-state index in [0.717, 1.165) is 50.5 Å². The molecule has 1 N–H and O–H groups in total. The van der Waals surface area contributed by atoms with Crippen molar-refractivity contribution in [1.82, 2.24) is 9.88 Å². The van der Waals surface area contributed by atoms with Crippen LogP contribution in [0.3, 0.4) is 0 Å². The van der Waals surface area contributed by atoms with Gasteiger partial charge in [-0.25, -0.2) is 0 Å². The van der Waals surface area contributed by atoms with Crippen molar-refractivity contribution in [3.05, 3.63) is 90.3 Å². The van der Waals surface area contributed by atoms with Crippen LogP contribution in [-0.2, 0) is 21.5 Å². The second-order valence-corrected chi connectivity index (χ2v) is 10.5. The van der Waals surface area contributed by atoms with Crippen molar-refractivity contribution in [3.8, 4) is 0 Å². The average Bonchev–Trinajstić information content (AvgIpc) is 2.95. The van der Waals surface area contributed by atoms with E-state index in [2.05, 4.69) is 69.5 Å². The minimum atomic E-state index is -0.580. The molecule has 0 radical (unpaired) electrons. The smallest absolute Gasteiger partial charge is 0.292 e. The van der Waals surface area contributed by atoms with Crippen molar-refractivity contribution in [3.63, 3.8) is 0 Å². The molecule has 0 unspecified atom stereocenters. The molecule has 1 amide bonds. The highest BCUT2D eigenvalue weighted by molar-refractivity contribution is 6.41. The molecule has 3 aromatic rings. The standard InChI is InChI=1S/C31H36N4O2/c1-24-12-14-31(15-13-24,35-19-17-34(18-20-35)28-10-3-2-4-11-28)26-8-5-9-27(22-26)33-30(37)29(36)21-25-7-6-16-32-23-25/h2-11,16,22-24H,12-15,17-21H2,1H3,(H,33,37)/t24-,31-. The van der Waals surface area contributed by atoms with Crippen LogP contribution in [0.5, 0.6) is 0 Å². The molecule has 6 heteroatoms. The normalized spacial score (nSPS) is 22.4. The molecule has 1 aliphatic carbocycles. The summed E-state index contributed by atoms with van der Waals surface area (Å²) in [6.07, 6.45) is 7.93. The molecular formula is C31H36N4O2. The quantitative estimate of drug-likeness (QED) is 0.463. The Labute approximate surface area is 219 Å². The summed E-state index contributed by atoms with van der Waals surface area (Å²) in [7, 11) is 0. The Hall–Kier alpha value is -3.51. The largest absolute Gasteiger partial charge is 0.369 e. The summed E-state index contributed by atoms with van der Waals surface area (Å²) in [5.41, 5.74) is 3.90. The van der Waals surface area contributed by atoms with Gasteiger partial charge < -0.3 is 10.2 Å². The summed E-state index contributed by atoms with van der Waals surface area (Å²) in [5.74, 6) is -0.313. The van der Waals surface area contributed by atoms with Crippen molar-refractivity contribution in [1.29, 1.82) is 0 Å². The fraction of sp³-hybridized carbons (Fsp3) is 0.387. The molecule has 2 aromatic carbocycles. The number of para-hydroxylation sites is 1. The number of nitrogens with zero attached hydrogens (tertiary/aromatic N) is 3. The van der Waals surface area contributed by atoms with Gasteiger partial charge >= 0.3 is 0 Å². The SMILES string of the molecule is C[C@H]1CC[C@](c2cccc(NC(=O)C(=O)Cc3cccnc3)c2)(N2CCN(c3ccccc3)CC2)CC1. The summed E-state index contributed by atoms with van der Waals surface area (Å²) in [6.45, 7) is 6.36. The van der Waals surface area contributed by atoms with Crippen molar-refractivity contribution >= 4 is 23.1 Å². The Morgan fingerprint density at radius 2 is 1.70 bits per heavy atom. The molecule has 1 aromatic heterocycles. The molecule has 37 heavy (non-hydrogen) atoms. The Morgan fingerprint density at radius 1 is 0.946 bits per heavy atom. The number of carbonyl (C=O) groups excluding carboxylic acids is 2. The number of rotatable bonds is 7. The monoisotopic (exact) mass is 496 g/mol. The topological polar surface area (TPSA) is 65.5 Å². The van der Waals surface area contributed by atoms with Crippen LogP contribution in [0.4, 0.5) is 11.4 Å². The van der Waals surface area contributed by atoms with Crippen LogP contribution in [0.2, 0.25) is 0 Å². The van der Waals surface area contributed by atoms with Gasteiger partial charge in [0.2, 0.25) is 5.78 Å². The predicted octanol–water partition coefficient (Wildman–Crippen LogP) is 5.06. The van der Waals surface area contributed by atoms with E-state index >= 15 is 0 Å². The molecule has 192 valence electrons. The zero-order chi connectivity index (χ0) is 25.7. The minimum Gasteiger partial charge on any atom is -0.369 e. The number of Topliss-reactive ketones (excluding diaryl/α,β-unsaturated/α-hetero) is 1. The molecule has 2 aliphatic rings. The Bertz CT molecular complexity index is 1200. The summed E-state index contributed by atoms with van der Waals surface area (Å²) in [6, 6.07) is 22.4. The number of aromatic nitrogens is 1. The van der Waals surface area contributed by atoms with E-state index in [-0.39, 0.29) is 12.0 Å². The molecule has 1 saturated heterocycles. The fourth-order valence-corrected chi connectivity index (χ4v) is 5.91. The number of hydrogen-bond acceptors (Lipinski definition) is 5. The van der Waals surface area contributed by atoms with Crippen LogP contribution in [-0.4, -0.2) is 47.8 Å². The molecular weight excluding hydrogens is 460 g/mol. The molecule has 6 nitrogen and oxygen atoms in total. The highest BCUT2D eigenvalue weighted by Crippen LogP contribution is 2.45. The lowest BCUT2D eigenvalue weighted by atomic mass is 9.71. The third-order valence-electron chi connectivity index (χ3n) is 8.11. The molecule has 0 spiro atoms. The summed E-state index contributed by atoms with van der Waals surface area (Å²) in [5, 5.41) is 2.86. The van der Waals surface area contributed by atoms with E-state index < -0.39 is 11.7 Å². The molecule has 0 atom stereocenters. The number of pyridine rings is 1. The number of anilines is 2. The number of nitrogens with one attached hydrogen (secondary N) is 1. The number of piperazine rings is 1. The molecule has 0 bridgehead atoms. The lowest BCUT2D eigenvalue weighted by Crippen LogP contribution is -2.56. The summed E-state index contributed by atoms with van der Waals surface area (Å²) >= 11 is 0. The van der Waals surface area contributed by atoms with E-state index in [1.54, 1.807) is 18.5 Å². The maximum Gasteiger partial charge on any atom is 0.292 e. The van der Waals surface area contributed by atoms with Gasteiger partial charge in [0.05, 0.1) is 0 Å². The first-order chi connectivity index (χ1) is 18.0. The van der Waals surface area contributed by atoms with E-state index in [1.807, 2.05) is 18.2 Å². The Balaban J connectivity index is 1.32. The first-order valence-electron chi connectivity index (χ1n) is 13.4. The van der Waals surface area contributed by atoms with Crippen LogP contribution >= 0.6 is 0 Å². The zero-order valence-corrected chi connectivity index (χ0v) is 21.6. The highest BCUT2D eigenvalue weighted by atomic mass is 16.2. The van der Waals surface area contributed by atoms with Gasteiger partial charge in [-0.3, -0.25) is 19.5 Å². The van der Waals surface area contributed by atoms with Gasteiger partial charge in [-0.2, -0.15) is 0 Å². The van der Waals surface area contributed by atoms with Gasteiger partial charge in [0.1, 0.15) is 0 Å². The second-order valence-electron chi connectivity index (χ2n) is 10.5. The van der Waals surface area contributed by atoms with Gasteiger partial charge in [0.15, 0.2) is 0 Å². The Morgan fingerprint density at radius 3 is 2.41 bits per heavy atom. The summed E-state index contributed by atoms with van der Waals surface area (Å²) < 4.78 is 0. The number of carbonyl (C=O) groups is 2. The number of amides is 1.